The molecule has 9 nitrogen and oxygen atoms in total. The fourth-order valence-electron chi connectivity index (χ4n) is 4.87. The summed E-state index contributed by atoms with van der Waals surface area (Å²) >= 11 is 0. The second-order valence-corrected chi connectivity index (χ2v) is 10.4. The quantitative estimate of drug-likeness (QED) is 0.566. The van der Waals surface area contributed by atoms with E-state index in [-0.39, 0.29) is 34.6 Å². The fourth-order valence-corrected chi connectivity index (χ4v) is 4.87. The summed E-state index contributed by atoms with van der Waals surface area (Å²) in [6.45, 7) is 6.54. The summed E-state index contributed by atoms with van der Waals surface area (Å²) in [7, 11) is 0. The van der Waals surface area contributed by atoms with Gasteiger partial charge in [0.05, 0.1) is 23.6 Å². The number of alkyl halides is 1. The average Bonchev–Trinajstić information content (AvgIpc) is 3.46. The molecular formula is C23H31F2N5O4. The zero-order valence-electron chi connectivity index (χ0n) is 19.8. The van der Waals surface area contributed by atoms with Crippen molar-refractivity contribution in [1.29, 1.82) is 0 Å². The number of carbonyl (C=O) groups is 1. The Morgan fingerprint density at radius 1 is 1.38 bits per heavy atom. The number of nitrogen functional groups attached to an aromatic ring is 1. The third-order valence-corrected chi connectivity index (χ3v) is 6.66. The number of ether oxygens (including phenoxy) is 1. The molecule has 0 spiro atoms. The number of nitrogens with two attached hydrogens (primary N) is 1. The standard InChI is InChI=1S/C23H31F2N5O4/c1-12-16(18(23(10-24)7-8-27-11-23)28-20(32)34-22(2,3)4)15(25)9-14-17(12)29(13-5-6-13)21(33)30(26)19(14)31/h9,13,18,27H,5-8,10-11,26H2,1-4H3,(H,28,32). The van der Waals surface area contributed by atoms with Crippen molar-refractivity contribution in [3.63, 3.8) is 0 Å². The van der Waals surface area contributed by atoms with Gasteiger partial charge in [0.25, 0.3) is 5.56 Å². The predicted octanol–water partition coefficient (Wildman–Crippen LogP) is 2.17. The number of nitrogens with one attached hydrogen (secondary N) is 2. The number of fused-ring (bicyclic) bond motifs is 1. The molecule has 0 radical (unpaired) electrons. The van der Waals surface area contributed by atoms with Gasteiger partial charge in [0, 0.05) is 23.6 Å². The van der Waals surface area contributed by atoms with Gasteiger partial charge in [-0.05, 0) is 65.1 Å². The molecule has 1 aliphatic heterocycles. The van der Waals surface area contributed by atoms with E-state index in [0.717, 1.165) is 18.9 Å². The van der Waals surface area contributed by atoms with Gasteiger partial charge in [0.1, 0.15) is 11.4 Å². The minimum Gasteiger partial charge on any atom is -0.444 e. The molecule has 1 aliphatic carbocycles. The minimum absolute atomic E-state index is 0.0303. The molecule has 186 valence electrons. The maximum atomic E-state index is 15.7. The van der Waals surface area contributed by atoms with E-state index < -0.39 is 46.9 Å². The summed E-state index contributed by atoms with van der Waals surface area (Å²) in [5, 5.41) is 5.76. The van der Waals surface area contributed by atoms with Crippen molar-refractivity contribution in [3.05, 3.63) is 43.8 Å². The first-order valence-electron chi connectivity index (χ1n) is 11.4. The van der Waals surface area contributed by atoms with Crippen LogP contribution < -0.4 is 27.7 Å². The smallest absolute Gasteiger partial charge is 0.408 e. The lowest BCUT2D eigenvalue weighted by atomic mass is 9.75. The lowest BCUT2D eigenvalue weighted by Gasteiger charge is -2.37. The number of alkyl carbamates (subject to hydrolysis) is 1. The number of amides is 1. The minimum atomic E-state index is -1.14. The van der Waals surface area contributed by atoms with Crippen LogP contribution in [0.5, 0.6) is 0 Å². The molecule has 1 saturated heterocycles. The van der Waals surface area contributed by atoms with Gasteiger partial charge in [-0.1, -0.05) is 0 Å². The molecule has 1 saturated carbocycles. The van der Waals surface area contributed by atoms with Crippen molar-refractivity contribution in [2.24, 2.45) is 5.41 Å². The van der Waals surface area contributed by atoms with Crippen molar-refractivity contribution in [2.45, 2.75) is 64.6 Å². The lowest BCUT2D eigenvalue weighted by molar-refractivity contribution is 0.0425. The van der Waals surface area contributed by atoms with E-state index in [1.54, 1.807) is 27.7 Å². The van der Waals surface area contributed by atoms with Crippen LogP contribution in [0.25, 0.3) is 10.9 Å². The Morgan fingerprint density at radius 3 is 2.59 bits per heavy atom. The molecule has 2 heterocycles. The van der Waals surface area contributed by atoms with Gasteiger partial charge in [0.2, 0.25) is 0 Å². The highest BCUT2D eigenvalue weighted by atomic mass is 19.1. The number of carbonyl (C=O) groups excluding carboxylic acids is 1. The molecule has 1 amide bonds. The maximum Gasteiger partial charge on any atom is 0.408 e. The maximum absolute atomic E-state index is 15.7. The first-order chi connectivity index (χ1) is 15.9. The van der Waals surface area contributed by atoms with Crippen LogP contribution >= 0.6 is 0 Å². The third-order valence-electron chi connectivity index (χ3n) is 6.66. The van der Waals surface area contributed by atoms with Crippen LogP contribution in [0.15, 0.2) is 15.7 Å². The summed E-state index contributed by atoms with van der Waals surface area (Å²) < 4.78 is 37.6. The van der Waals surface area contributed by atoms with Crippen molar-refractivity contribution < 1.29 is 18.3 Å². The summed E-state index contributed by atoms with van der Waals surface area (Å²) in [4.78, 5) is 38.4. The van der Waals surface area contributed by atoms with Crippen LogP contribution in [-0.2, 0) is 4.74 Å². The highest BCUT2D eigenvalue weighted by Gasteiger charge is 2.46. The Labute approximate surface area is 195 Å². The Kier molecular flexibility index (Phi) is 5.95. The fraction of sp³-hybridized carbons (Fsp3) is 0.609. The van der Waals surface area contributed by atoms with Crippen LogP contribution in [-0.4, -0.2) is 40.7 Å². The van der Waals surface area contributed by atoms with E-state index in [1.165, 1.54) is 4.57 Å². The highest BCUT2D eigenvalue weighted by Crippen LogP contribution is 2.44. The summed E-state index contributed by atoms with van der Waals surface area (Å²) in [5.74, 6) is 4.91. The average molecular weight is 480 g/mol. The second kappa shape index (κ2) is 8.37. The zero-order valence-corrected chi connectivity index (χ0v) is 19.8. The van der Waals surface area contributed by atoms with Gasteiger partial charge in [-0.15, -0.1) is 0 Å². The van der Waals surface area contributed by atoms with Gasteiger partial charge in [-0.3, -0.25) is 13.8 Å². The molecule has 0 bridgehead atoms. The molecule has 2 unspecified atom stereocenters. The molecule has 4 rings (SSSR count). The first kappa shape index (κ1) is 24.2. The molecule has 34 heavy (non-hydrogen) atoms. The zero-order chi connectivity index (χ0) is 25.0. The van der Waals surface area contributed by atoms with Gasteiger partial charge in [0.15, 0.2) is 0 Å². The largest absolute Gasteiger partial charge is 0.444 e. The number of aryl methyl sites for hydroxylation is 1. The number of hydrogen-bond acceptors (Lipinski definition) is 6. The van der Waals surface area contributed by atoms with Crippen molar-refractivity contribution in [3.8, 4) is 0 Å². The summed E-state index contributed by atoms with van der Waals surface area (Å²) in [5.41, 5.74) is -2.89. The Bertz CT molecular complexity index is 1250. The van der Waals surface area contributed by atoms with E-state index >= 15 is 4.39 Å². The number of hydrogen-bond donors (Lipinski definition) is 3. The molecule has 2 aliphatic rings. The number of halogens is 2. The van der Waals surface area contributed by atoms with Crippen molar-refractivity contribution >= 4 is 17.0 Å². The highest BCUT2D eigenvalue weighted by molar-refractivity contribution is 5.83. The lowest BCUT2D eigenvalue weighted by Crippen LogP contribution is -2.47. The Hall–Kier alpha value is -2.95. The monoisotopic (exact) mass is 479 g/mol. The van der Waals surface area contributed by atoms with Gasteiger partial charge < -0.3 is 21.2 Å². The number of aromatic nitrogens is 2. The van der Waals surface area contributed by atoms with E-state index in [1.807, 2.05) is 0 Å². The molecule has 2 fully saturated rings. The molecular weight excluding hydrogens is 448 g/mol. The van der Waals surface area contributed by atoms with Crippen LogP contribution in [0.3, 0.4) is 0 Å². The van der Waals surface area contributed by atoms with Gasteiger partial charge in [-0.2, -0.15) is 4.68 Å². The predicted molar refractivity (Wildman–Crippen MR) is 124 cm³/mol. The van der Waals surface area contributed by atoms with E-state index in [2.05, 4.69) is 10.6 Å². The molecule has 1 aromatic carbocycles. The second-order valence-electron chi connectivity index (χ2n) is 10.4. The van der Waals surface area contributed by atoms with E-state index in [4.69, 9.17) is 10.6 Å². The number of benzene rings is 1. The molecule has 2 aromatic rings. The van der Waals surface area contributed by atoms with Crippen LogP contribution in [0.2, 0.25) is 0 Å². The van der Waals surface area contributed by atoms with E-state index in [0.29, 0.717) is 17.6 Å². The first-order valence-corrected chi connectivity index (χ1v) is 11.4. The summed E-state index contributed by atoms with van der Waals surface area (Å²) in [6.07, 6.45) is 0.975. The topological polar surface area (TPSA) is 120 Å². The SMILES string of the molecule is Cc1c(C(NC(=O)OC(C)(C)C)C2(CF)CCNC2)c(F)cc2c(=O)n(N)c(=O)n(C3CC3)c12. The van der Waals surface area contributed by atoms with Crippen LogP contribution in [0.1, 0.15) is 63.2 Å². The van der Waals surface area contributed by atoms with Crippen LogP contribution in [0, 0.1) is 18.2 Å². The number of nitrogens with zero attached hydrogens (tertiary/aromatic N) is 2. The Morgan fingerprint density at radius 2 is 2.06 bits per heavy atom. The third kappa shape index (κ3) is 4.06. The van der Waals surface area contributed by atoms with Crippen LogP contribution in [0.4, 0.5) is 13.6 Å². The molecule has 1 aromatic heterocycles. The Balaban J connectivity index is 1.98. The molecule has 4 N–H and O–H groups in total. The van der Waals surface area contributed by atoms with Crippen molar-refractivity contribution in [2.75, 3.05) is 25.6 Å². The number of rotatable bonds is 5. The van der Waals surface area contributed by atoms with E-state index in [9.17, 15) is 18.8 Å². The normalized spacial score (nSPS) is 21.6. The molecule has 2 atom stereocenters. The summed E-state index contributed by atoms with van der Waals surface area (Å²) in [6, 6.07) is -0.238. The van der Waals surface area contributed by atoms with Gasteiger partial charge in [-0.25, -0.2) is 14.0 Å². The van der Waals surface area contributed by atoms with Crippen molar-refractivity contribution in [1.82, 2.24) is 19.9 Å². The molecule has 11 heteroatoms. The van der Waals surface area contributed by atoms with Gasteiger partial charge >= 0.3 is 11.8 Å².